The predicted molar refractivity (Wildman–Crippen MR) is 281 cm³/mol. The third-order valence-electron chi connectivity index (χ3n) is 14.1. The SMILES string of the molecule is CC(C)(C)c1cc2c(cc1-c1ccccc1)Cc1c-2cc(C(C)(C)C)c(-c2ccccc2)[c]1[Zr+2]([C]1=CC=CC1)=[C](c1ccc(-c2ccc(C(F)(F)F)cc2)cc1)c1ccc(-c2ccc(C(F)(F)F)cc2)cc1.[Cl-].[Cl-]. The van der Waals surface area contributed by atoms with Gasteiger partial charge in [0, 0.05) is 0 Å². The Kier molecular flexibility index (Phi) is 15.5. The van der Waals surface area contributed by atoms with Crippen LogP contribution in [0.5, 0.6) is 0 Å². The topological polar surface area (TPSA) is 0 Å². The Morgan fingerprint density at radius 3 is 1.30 bits per heavy atom. The van der Waals surface area contributed by atoms with Gasteiger partial charge in [-0.3, -0.25) is 0 Å². The summed E-state index contributed by atoms with van der Waals surface area (Å²) in [5.74, 6) is 0. The van der Waals surface area contributed by atoms with Crippen LogP contribution in [-0.2, 0) is 50.9 Å². The van der Waals surface area contributed by atoms with Crippen molar-refractivity contribution in [1.82, 2.24) is 0 Å². The summed E-state index contributed by atoms with van der Waals surface area (Å²) in [5, 5.41) is 0. The smallest absolute Gasteiger partial charge is 1.00 e. The van der Waals surface area contributed by atoms with Crippen molar-refractivity contribution in [2.45, 2.75) is 77.6 Å². The third kappa shape index (κ3) is 10.8. The van der Waals surface area contributed by atoms with E-state index in [9.17, 15) is 26.3 Å². The molecule has 0 bridgehead atoms. The molecule has 2 aliphatic rings. The zero-order valence-corrected chi connectivity index (χ0v) is 45.9. The fourth-order valence-electron chi connectivity index (χ4n) is 10.5. The monoisotopic (exact) mass is 1110 g/mol. The van der Waals surface area contributed by atoms with E-state index in [4.69, 9.17) is 0 Å². The molecule has 0 saturated heterocycles. The van der Waals surface area contributed by atoms with Crippen LogP contribution in [0.3, 0.4) is 0 Å². The van der Waals surface area contributed by atoms with E-state index in [-0.39, 0.29) is 35.6 Å². The van der Waals surface area contributed by atoms with Crippen molar-refractivity contribution < 1.29 is 72.4 Å². The van der Waals surface area contributed by atoms with Crippen molar-refractivity contribution in [1.29, 1.82) is 0 Å². The van der Waals surface area contributed by atoms with E-state index in [1.54, 1.807) is 0 Å². The number of rotatable bonds is 8. The summed E-state index contributed by atoms with van der Waals surface area (Å²) in [5.41, 5.74) is 15.9. The quantitative estimate of drug-likeness (QED) is 0.133. The molecule has 0 unspecified atom stereocenters. The number of alkyl halides is 6. The van der Waals surface area contributed by atoms with Gasteiger partial charge in [0.15, 0.2) is 0 Å². The zero-order valence-electron chi connectivity index (χ0n) is 41.9. The Bertz CT molecular complexity index is 3320. The first kappa shape index (κ1) is 54.4. The normalized spacial score (nSPS) is 13.0. The average Bonchev–Trinajstić information content (AvgIpc) is 4.03. The molecule has 0 fully saturated rings. The summed E-state index contributed by atoms with van der Waals surface area (Å²) >= 11 is -3.53. The van der Waals surface area contributed by atoms with E-state index in [1.807, 2.05) is 24.3 Å². The zero-order chi connectivity index (χ0) is 50.7. The van der Waals surface area contributed by atoms with Crippen LogP contribution in [0.4, 0.5) is 26.3 Å². The van der Waals surface area contributed by atoms with E-state index in [0.29, 0.717) is 11.1 Å². The van der Waals surface area contributed by atoms with Gasteiger partial charge in [-0.25, -0.2) is 0 Å². The molecule has 0 amide bonds. The Morgan fingerprint density at radius 2 is 0.878 bits per heavy atom. The molecule has 0 atom stereocenters. The molecule has 0 spiro atoms. The average molecular weight is 1110 g/mol. The number of allylic oxidation sites excluding steroid dienone is 4. The first-order valence-electron chi connectivity index (χ1n) is 24.4. The van der Waals surface area contributed by atoms with Gasteiger partial charge in [0.1, 0.15) is 0 Å². The van der Waals surface area contributed by atoms with E-state index >= 15 is 0 Å². The number of hydrogen-bond acceptors (Lipinski definition) is 0. The van der Waals surface area contributed by atoms with Crippen LogP contribution in [0.1, 0.15) is 92.5 Å². The van der Waals surface area contributed by atoms with Crippen LogP contribution < -0.4 is 28.1 Å². The Balaban J connectivity index is 0.00000364. The Morgan fingerprint density at radius 1 is 0.446 bits per heavy atom. The fourth-order valence-corrected chi connectivity index (χ4v) is 19.0. The molecule has 74 heavy (non-hydrogen) atoms. The van der Waals surface area contributed by atoms with Crippen LogP contribution in [-0.4, -0.2) is 3.21 Å². The molecule has 0 aromatic heterocycles. The number of hydrogen-bond donors (Lipinski definition) is 0. The minimum atomic E-state index is -4.44. The van der Waals surface area contributed by atoms with Crippen molar-refractivity contribution in [3.63, 3.8) is 0 Å². The molecule has 9 heteroatoms. The standard InChI is InChI=1S/C33H33.C27H16F6.C5H5.2ClH.Zr/c1-32(2,3)30-20-26-24(18-28(30)22-13-9-7-10-14-22)17-25-19-29(23-15-11-8-12-16-23)31(21-27(25)26)33(4,5)6;28-26(29,30)24-13-9-22(10-14-24)20-5-1-18(2-6-20)17-19-3-7-21(8-4-19)23-11-15-25(16-12-23)27(31,32)33;1-2-4-5-3-1;;;/h7-16,18,20-21H,17H2,1-6H3;1-16H;1-3H,4H2;2*1H;/q;;;;;+2/p-2. The van der Waals surface area contributed by atoms with Crippen molar-refractivity contribution in [2.75, 3.05) is 0 Å². The minimum absolute atomic E-state index is 0. The molecule has 374 valence electrons. The van der Waals surface area contributed by atoms with Crippen LogP contribution >= 0.6 is 0 Å². The van der Waals surface area contributed by atoms with Crippen molar-refractivity contribution in [2.24, 2.45) is 0 Å². The van der Waals surface area contributed by atoms with Gasteiger partial charge in [-0.05, 0) is 0 Å². The first-order valence-corrected chi connectivity index (χ1v) is 28.1. The molecule has 0 radical (unpaired) electrons. The van der Waals surface area contributed by atoms with Gasteiger partial charge in [0.2, 0.25) is 0 Å². The predicted octanol–water partition coefficient (Wildman–Crippen LogP) is 11.9. The molecular formula is C65H54Cl2F6Zr. The van der Waals surface area contributed by atoms with E-state index in [2.05, 4.69) is 163 Å². The fraction of sp³-hybridized carbons (Fsp3) is 0.185. The van der Waals surface area contributed by atoms with Crippen LogP contribution in [0, 0.1) is 0 Å². The molecule has 0 saturated carbocycles. The second-order valence-electron chi connectivity index (χ2n) is 21.0. The summed E-state index contributed by atoms with van der Waals surface area (Å²) in [6, 6.07) is 56.1. The van der Waals surface area contributed by atoms with Crippen LogP contribution in [0.2, 0.25) is 0 Å². The van der Waals surface area contributed by atoms with Gasteiger partial charge in [-0.1, -0.05) is 0 Å². The van der Waals surface area contributed by atoms with Crippen molar-refractivity contribution in [3.05, 3.63) is 242 Å². The van der Waals surface area contributed by atoms with Gasteiger partial charge in [-0.2, -0.15) is 0 Å². The molecule has 2 aliphatic carbocycles. The van der Waals surface area contributed by atoms with E-state index in [1.165, 1.54) is 84.1 Å². The molecule has 8 aromatic rings. The maximum atomic E-state index is 13.6. The summed E-state index contributed by atoms with van der Waals surface area (Å²) in [6.07, 6.45) is -0.560. The van der Waals surface area contributed by atoms with E-state index < -0.39 is 44.7 Å². The number of benzene rings is 8. The molecule has 10 rings (SSSR count). The number of fused-ring (bicyclic) bond motifs is 3. The second-order valence-corrected chi connectivity index (χ2v) is 26.9. The maximum absolute atomic E-state index is 13.6. The molecule has 0 heterocycles. The molecule has 8 aromatic carbocycles. The van der Waals surface area contributed by atoms with E-state index in [0.717, 1.165) is 64.9 Å². The van der Waals surface area contributed by atoms with Gasteiger partial charge < -0.3 is 24.8 Å². The van der Waals surface area contributed by atoms with Crippen molar-refractivity contribution in [3.8, 4) is 55.6 Å². The Labute approximate surface area is 450 Å². The van der Waals surface area contributed by atoms with Gasteiger partial charge >= 0.3 is 429 Å². The molecule has 0 nitrogen and oxygen atoms in total. The largest absolute Gasteiger partial charge is 1.00 e. The minimum Gasteiger partial charge on any atom is -1.00 e. The molecule has 0 N–H and O–H groups in total. The second kappa shape index (κ2) is 21.1. The number of halogens is 8. The summed E-state index contributed by atoms with van der Waals surface area (Å²) in [7, 11) is 0. The van der Waals surface area contributed by atoms with Crippen molar-refractivity contribution >= 4 is 6.48 Å². The summed E-state index contributed by atoms with van der Waals surface area (Å²) < 4.78 is 85.9. The van der Waals surface area contributed by atoms with Crippen LogP contribution in [0.25, 0.3) is 55.6 Å². The maximum Gasteiger partial charge on any atom is -1.00 e. The summed E-state index contributed by atoms with van der Waals surface area (Å²) in [4.78, 5) is 0. The van der Waals surface area contributed by atoms with Gasteiger partial charge in [0.05, 0.1) is 0 Å². The Hall–Kier alpha value is -5.85. The molecule has 0 aliphatic heterocycles. The first-order chi connectivity index (χ1) is 34.2. The third-order valence-corrected chi connectivity index (χ3v) is 21.9. The van der Waals surface area contributed by atoms with Crippen LogP contribution in [0.15, 0.2) is 197 Å². The summed E-state index contributed by atoms with van der Waals surface area (Å²) in [6.45, 7) is 13.8. The molecular weight excluding hydrogens is 1060 g/mol. The van der Waals surface area contributed by atoms with Gasteiger partial charge in [-0.15, -0.1) is 0 Å². The van der Waals surface area contributed by atoms with Gasteiger partial charge in [0.25, 0.3) is 0 Å².